The quantitative estimate of drug-likeness (QED) is 0.153. The van der Waals surface area contributed by atoms with Crippen molar-refractivity contribution in [1.29, 1.82) is 5.26 Å². The fraction of sp³-hybridized carbons (Fsp3) is 0.257. The number of carbonyl (C=O) groups is 1. The van der Waals surface area contributed by atoms with E-state index in [4.69, 9.17) is 23.9 Å². The molecule has 0 saturated heterocycles. The number of esters is 1. The lowest BCUT2D eigenvalue weighted by Crippen LogP contribution is -2.10. The second kappa shape index (κ2) is 13.2. The van der Waals surface area contributed by atoms with Gasteiger partial charge in [0.15, 0.2) is 0 Å². The molecule has 1 aliphatic rings. The molecule has 0 radical (unpaired) electrons. The molecule has 228 valence electrons. The Labute approximate surface area is 259 Å². The second-order valence-electron chi connectivity index (χ2n) is 10.8. The third kappa shape index (κ3) is 6.79. The van der Waals surface area contributed by atoms with Gasteiger partial charge in [-0.15, -0.1) is 0 Å². The van der Waals surface area contributed by atoms with E-state index in [9.17, 15) is 10.1 Å². The van der Waals surface area contributed by atoms with Gasteiger partial charge < -0.3 is 23.5 Å². The predicted molar refractivity (Wildman–Crippen MR) is 165 cm³/mol. The Morgan fingerprint density at radius 3 is 2.62 bits per heavy atom. The average molecular weight is 607 g/mol. The van der Waals surface area contributed by atoms with Crippen molar-refractivity contribution in [2.75, 3.05) is 20.8 Å². The van der Waals surface area contributed by atoms with Gasteiger partial charge in [0.25, 0.3) is 0 Å². The molecule has 10 heteroatoms. The van der Waals surface area contributed by atoms with E-state index in [0.717, 1.165) is 23.9 Å². The van der Waals surface area contributed by atoms with Crippen LogP contribution in [0.3, 0.4) is 0 Å². The van der Waals surface area contributed by atoms with Gasteiger partial charge in [-0.1, -0.05) is 24.3 Å². The number of pyridine rings is 1. The zero-order chi connectivity index (χ0) is 31.3. The predicted octanol–water partition coefficient (Wildman–Crippen LogP) is 6.25. The lowest BCUT2D eigenvalue weighted by Gasteiger charge is -2.13. The van der Waals surface area contributed by atoms with Gasteiger partial charge in [-0.05, 0) is 60.9 Å². The van der Waals surface area contributed by atoms with Gasteiger partial charge in [0.2, 0.25) is 5.88 Å². The third-order valence-electron chi connectivity index (χ3n) is 7.58. The van der Waals surface area contributed by atoms with E-state index in [-0.39, 0.29) is 24.9 Å². The van der Waals surface area contributed by atoms with Crippen LogP contribution in [0.4, 0.5) is 4.39 Å². The molecule has 3 aromatic carbocycles. The topological polar surface area (TPSA) is 108 Å². The van der Waals surface area contributed by atoms with Crippen molar-refractivity contribution >= 4 is 17.0 Å². The SMILES string of the molecule is COCCn1c(Cc2ccc(-c3cccc(OCc4ccc(C#N)cc4OC4CC4)n3)cc2F)nc2ccc(C(=O)OC)cc21. The maximum absolute atomic E-state index is 15.5. The number of aromatic nitrogens is 3. The summed E-state index contributed by atoms with van der Waals surface area (Å²) in [5, 5.41) is 9.27. The second-order valence-corrected chi connectivity index (χ2v) is 10.8. The molecule has 5 aromatic rings. The van der Waals surface area contributed by atoms with Crippen molar-refractivity contribution in [3.63, 3.8) is 0 Å². The van der Waals surface area contributed by atoms with Gasteiger partial charge in [-0.2, -0.15) is 5.26 Å². The first-order valence-corrected chi connectivity index (χ1v) is 14.6. The summed E-state index contributed by atoms with van der Waals surface area (Å²) in [5.41, 5.74) is 4.84. The molecule has 9 nitrogen and oxygen atoms in total. The van der Waals surface area contributed by atoms with E-state index < -0.39 is 5.97 Å². The fourth-order valence-electron chi connectivity index (χ4n) is 5.03. The number of fused-ring (bicyclic) bond motifs is 1. The largest absolute Gasteiger partial charge is 0.490 e. The Balaban J connectivity index is 1.20. The van der Waals surface area contributed by atoms with Crippen LogP contribution in [0.15, 0.2) is 72.8 Å². The van der Waals surface area contributed by atoms with Crippen LogP contribution in [0, 0.1) is 17.1 Å². The van der Waals surface area contributed by atoms with Crippen LogP contribution in [-0.2, 0) is 29.0 Å². The Morgan fingerprint density at radius 1 is 1.02 bits per heavy atom. The average Bonchev–Trinajstić information content (AvgIpc) is 3.82. The summed E-state index contributed by atoms with van der Waals surface area (Å²) in [5.74, 6) is 0.851. The molecule has 2 aromatic heterocycles. The van der Waals surface area contributed by atoms with Gasteiger partial charge in [-0.25, -0.2) is 19.2 Å². The number of nitriles is 1. The van der Waals surface area contributed by atoms with Crippen LogP contribution in [-0.4, -0.2) is 47.4 Å². The first-order chi connectivity index (χ1) is 21.9. The first-order valence-electron chi connectivity index (χ1n) is 14.6. The van der Waals surface area contributed by atoms with Crippen molar-refractivity contribution in [1.82, 2.24) is 14.5 Å². The lowest BCUT2D eigenvalue weighted by molar-refractivity contribution is 0.0601. The van der Waals surface area contributed by atoms with E-state index in [2.05, 4.69) is 11.1 Å². The number of benzene rings is 3. The number of ether oxygens (including phenoxy) is 4. The molecule has 0 spiro atoms. The molecule has 0 amide bonds. The Bertz CT molecular complexity index is 1910. The number of imidazole rings is 1. The lowest BCUT2D eigenvalue weighted by atomic mass is 10.1. The highest BCUT2D eigenvalue weighted by Gasteiger charge is 2.25. The van der Waals surface area contributed by atoms with E-state index in [1.807, 2.05) is 22.8 Å². The number of hydrogen-bond acceptors (Lipinski definition) is 8. The molecular formula is C35H31FN4O5. The van der Waals surface area contributed by atoms with Crippen molar-refractivity contribution in [2.24, 2.45) is 0 Å². The molecule has 6 rings (SSSR count). The van der Waals surface area contributed by atoms with E-state index in [1.54, 1.807) is 55.6 Å². The van der Waals surface area contributed by atoms with E-state index >= 15 is 4.39 Å². The number of carbonyl (C=O) groups excluding carboxylic acids is 1. The molecule has 45 heavy (non-hydrogen) atoms. The Morgan fingerprint density at radius 2 is 1.87 bits per heavy atom. The third-order valence-corrected chi connectivity index (χ3v) is 7.58. The zero-order valence-electron chi connectivity index (χ0n) is 25.0. The van der Waals surface area contributed by atoms with Crippen LogP contribution in [0.25, 0.3) is 22.3 Å². The smallest absolute Gasteiger partial charge is 0.337 e. The molecule has 0 bridgehead atoms. The molecule has 0 unspecified atom stereocenters. The minimum atomic E-state index is -0.441. The molecule has 2 heterocycles. The number of nitrogens with zero attached hydrogens (tertiary/aromatic N) is 4. The summed E-state index contributed by atoms with van der Waals surface area (Å²) in [6.45, 7) is 1.12. The highest BCUT2D eigenvalue weighted by atomic mass is 19.1. The van der Waals surface area contributed by atoms with Crippen molar-refractivity contribution in [3.8, 4) is 29.0 Å². The Hall–Kier alpha value is -5.27. The van der Waals surface area contributed by atoms with Gasteiger partial charge in [0.1, 0.15) is 24.0 Å². The van der Waals surface area contributed by atoms with Crippen LogP contribution in [0.2, 0.25) is 0 Å². The molecule has 0 atom stereocenters. The number of halogens is 1. The zero-order valence-corrected chi connectivity index (χ0v) is 25.0. The minimum absolute atomic E-state index is 0.181. The van der Waals surface area contributed by atoms with Crippen LogP contribution < -0.4 is 9.47 Å². The highest BCUT2D eigenvalue weighted by molar-refractivity contribution is 5.93. The maximum atomic E-state index is 15.5. The van der Waals surface area contributed by atoms with Gasteiger partial charge in [0.05, 0.1) is 53.7 Å². The number of hydrogen-bond donors (Lipinski definition) is 0. The van der Waals surface area contributed by atoms with Gasteiger partial charge in [0, 0.05) is 37.3 Å². The van der Waals surface area contributed by atoms with E-state index in [1.165, 1.54) is 13.2 Å². The summed E-state index contributed by atoms with van der Waals surface area (Å²) in [7, 11) is 2.95. The van der Waals surface area contributed by atoms with Crippen molar-refractivity contribution in [2.45, 2.75) is 38.5 Å². The first kappa shape index (κ1) is 29.8. The Kier molecular flexibility index (Phi) is 8.71. The van der Waals surface area contributed by atoms with Gasteiger partial charge >= 0.3 is 5.97 Å². The molecule has 1 fully saturated rings. The summed E-state index contributed by atoms with van der Waals surface area (Å²) in [6.07, 6.45) is 2.43. The molecule has 0 aliphatic heterocycles. The molecule has 0 N–H and O–H groups in total. The molecule has 1 aliphatic carbocycles. The standard InChI is InChI=1S/C35H31FN4O5/c1-42-15-14-40-31-18-25(35(41)43-2)10-13-30(31)38-33(40)19-23-8-9-24(17-28(23)36)29-4-3-5-34(39-29)44-21-26-7-6-22(20-37)16-32(26)45-27-11-12-27/h3-10,13,16-18,27H,11-12,14-15,19,21H2,1-2H3. The molecular weight excluding hydrogens is 575 g/mol. The van der Waals surface area contributed by atoms with E-state index in [0.29, 0.717) is 64.1 Å². The van der Waals surface area contributed by atoms with Crippen molar-refractivity contribution < 1.29 is 28.1 Å². The number of methoxy groups -OCH3 is 2. The van der Waals surface area contributed by atoms with Crippen LogP contribution in [0.1, 0.15) is 45.7 Å². The summed E-state index contributed by atoms with van der Waals surface area (Å²) in [6, 6.07) is 23.0. The summed E-state index contributed by atoms with van der Waals surface area (Å²) < 4.78 is 39.6. The highest BCUT2D eigenvalue weighted by Crippen LogP contribution is 2.31. The summed E-state index contributed by atoms with van der Waals surface area (Å²) >= 11 is 0. The van der Waals surface area contributed by atoms with Crippen LogP contribution in [0.5, 0.6) is 11.6 Å². The number of rotatable bonds is 12. The monoisotopic (exact) mass is 606 g/mol. The molecule has 1 saturated carbocycles. The van der Waals surface area contributed by atoms with Gasteiger partial charge in [-0.3, -0.25) is 0 Å². The van der Waals surface area contributed by atoms with Crippen LogP contribution >= 0.6 is 0 Å². The minimum Gasteiger partial charge on any atom is -0.490 e. The normalized spacial score (nSPS) is 12.6. The van der Waals surface area contributed by atoms with Crippen molar-refractivity contribution in [3.05, 3.63) is 107 Å². The maximum Gasteiger partial charge on any atom is 0.337 e. The summed E-state index contributed by atoms with van der Waals surface area (Å²) in [4.78, 5) is 21.5. The fourth-order valence-corrected chi connectivity index (χ4v) is 5.03.